The summed E-state index contributed by atoms with van der Waals surface area (Å²) >= 11 is 0. The van der Waals surface area contributed by atoms with Crippen LogP contribution in [-0.4, -0.2) is 46.0 Å². The second-order valence-electron chi connectivity index (χ2n) is 7.68. The molecule has 1 aliphatic rings. The monoisotopic (exact) mass is 336 g/mol. The summed E-state index contributed by atoms with van der Waals surface area (Å²) in [6.45, 7) is 11.1. The number of aromatic nitrogens is 2. The molecule has 134 valence electrons. The van der Waals surface area contributed by atoms with Gasteiger partial charge in [-0.3, -0.25) is 9.59 Å². The largest absolute Gasteiger partial charge is 0.353 e. The van der Waals surface area contributed by atoms with Crippen LogP contribution in [0.15, 0.2) is 4.52 Å². The van der Waals surface area contributed by atoms with E-state index in [4.69, 9.17) is 4.52 Å². The molecular weight excluding hydrogens is 308 g/mol. The van der Waals surface area contributed by atoms with Gasteiger partial charge in [0.05, 0.1) is 0 Å². The number of nitrogens with zero attached hydrogens (tertiary/aromatic N) is 3. The third kappa shape index (κ3) is 4.33. The molecule has 24 heavy (non-hydrogen) atoms. The van der Waals surface area contributed by atoms with Gasteiger partial charge in [0.25, 0.3) is 0 Å². The Hall–Kier alpha value is -1.92. The van der Waals surface area contributed by atoms with E-state index < -0.39 is 0 Å². The lowest BCUT2D eigenvalue weighted by atomic mass is 9.96. The average Bonchev–Trinajstić information content (AvgIpc) is 2.95. The van der Waals surface area contributed by atoms with Gasteiger partial charge >= 0.3 is 0 Å². The minimum Gasteiger partial charge on any atom is -0.353 e. The Morgan fingerprint density at radius 1 is 1.42 bits per heavy atom. The molecule has 0 unspecified atom stereocenters. The van der Waals surface area contributed by atoms with E-state index in [9.17, 15) is 9.59 Å². The van der Waals surface area contributed by atoms with Crippen molar-refractivity contribution in [2.75, 3.05) is 13.1 Å². The van der Waals surface area contributed by atoms with Crippen molar-refractivity contribution in [3.8, 4) is 0 Å². The molecule has 1 aliphatic heterocycles. The average molecular weight is 336 g/mol. The van der Waals surface area contributed by atoms with Gasteiger partial charge in [-0.2, -0.15) is 4.98 Å². The van der Waals surface area contributed by atoms with E-state index >= 15 is 0 Å². The zero-order valence-corrected chi connectivity index (χ0v) is 15.3. The Balaban J connectivity index is 1.88. The molecule has 0 radical (unpaired) electrons. The standard InChI is InChI=1S/C17H28N4O3/c1-11(2)14-15(23)18-9-10-21(14)13(22)8-6-7-12-19-16(20-24-12)17(3,4)5/h11,14H,6-10H2,1-5H3,(H,18,23)/t14-/m0/s1. The van der Waals surface area contributed by atoms with E-state index in [0.29, 0.717) is 44.1 Å². The van der Waals surface area contributed by atoms with Crippen molar-refractivity contribution in [3.05, 3.63) is 11.7 Å². The van der Waals surface area contributed by atoms with Crippen LogP contribution in [0.3, 0.4) is 0 Å². The third-order valence-corrected chi connectivity index (χ3v) is 4.13. The second-order valence-corrected chi connectivity index (χ2v) is 7.68. The smallest absolute Gasteiger partial charge is 0.243 e. The fourth-order valence-corrected chi connectivity index (χ4v) is 2.82. The number of hydrogen-bond acceptors (Lipinski definition) is 5. The number of hydrogen-bond donors (Lipinski definition) is 1. The van der Waals surface area contributed by atoms with Crippen LogP contribution >= 0.6 is 0 Å². The van der Waals surface area contributed by atoms with Crippen LogP contribution in [0, 0.1) is 5.92 Å². The van der Waals surface area contributed by atoms with Crippen molar-refractivity contribution in [1.29, 1.82) is 0 Å². The molecule has 7 heteroatoms. The Morgan fingerprint density at radius 3 is 2.71 bits per heavy atom. The Labute approximate surface area is 143 Å². The van der Waals surface area contributed by atoms with E-state index in [2.05, 4.69) is 15.5 Å². The van der Waals surface area contributed by atoms with Crippen molar-refractivity contribution in [2.24, 2.45) is 5.92 Å². The van der Waals surface area contributed by atoms with Gasteiger partial charge in [0.15, 0.2) is 5.82 Å². The van der Waals surface area contributed by atoms with E-state index in [1.165, 1.54) is 0 Å². The highest BCUT2D eigenvalue weighted by Gasteiger charge is 2.34. The van der Waals surface area contributed by atoms with Crippen LogP contribution in [0.4, 0.5) is 0 Å². The maximum absolute atomic E-state index is 12.5. The molecule has 2 amide bonds. The number of carbonyl (C=O) groups excluding carboxylic acids is 2. The highest BCUT2D eigenvalue weighted by Crippen LogP contribution is 2.20. The molecule has 1 N–H and O–H groups in total. The van der Waals surface area contributed by atoms with Crippen LogP contribution in [0.5, 0.6) is 0 Å². The lowest BCUT2D eigenvalue weighted by Gasteiger charge is -2.37. The quantitative estimate of drug-likeness (QED) is 0.883. The number of carbonyl (C=O) groups is 2. The summed E-state index contributed by atoms with van der Waals surface area (Å²) in [6, 6.07) is -0.373. The minimum absolute atomic E-state index is 0.0131. The molecule has 1 fully saturated rings. The first kappa shape index (κ1) is 18.4. The van der Waals surface area contributed by atoms with Crippen LogP contribution in [-0.2, 0) is 21.4 Å². The number of piperazine rings is 1. The molecule has 1 aromatic rings. The van der Waals surface area contributed by atoms with Gasteiger partial charge in [-0.15, -0.1) is 0 Å². The van der Waals surface area contributed by atoms with Crippen molar-refractivity contribution in [3.63, 3.8) is 0 Å². The molecule has 2 rings (SSSR count). The maximum atomic E-state index is 12.5. The first-order valence-corrected chi connectivity index (χ1v) is 8.60. The van der Waals surface area contributed by atoms with Crippen LogP contribution in [0.2, 0.25) is 0 Å². The topological polar surface area (TPSA) is 88.3 Å². The van der Waals surface area contributed by atoms with Crippen LogP contribution in [0.25, 0.3) is 0 Å². The summed E-state index contributed by atoms with van der Waals surface area (Å²) in [7, 11) is 0. The molecule has 0 aliphatic carbocycles. The summed E-state index contributed by atoms with van der Waals surface area (Å²) < 4.78 is 5.24. The summed E-state index contributed by atoms with van der Waals surface area (Å²) in [5.74, 6) is 1.29. The molecule has 2 heterocycles. The summed E-state index contributed by atoms with van der Waals surface area (Å²) in [4.78, 5) is 30.6. The molecule has 1 saturated heterocycles. The molecule has 0 aromatic carbocycles. The van der Waals surface area contributed by atoms with Crippen molar-refractivity contribution < 1.29 is 14.1 Å². The Kier molecular flexibility index (Phi) is 5.62. The molecule has 7 nitrogen and oxygen atoms in total. The fraction of sp³-hybridized carbons (Fsp3) is 0.765. The van der Waals surface area contributed by atoms with Crippen molar-refractivity contribution in [1.82, 2.24) is 20.4 Å². The van der Waals surface area contributed by atoms with E-state index in [0.717, 1.165) is 0 Å². The van der Waals surface area contributed by atoms with Crippen LogP contribution < -0.4 is 5.32 Å². The minimum atomic E-state index is -0.373. The second kappa shape index (κ2) is 7.32. The number of aryl methyl sites for hydroxylation is 1. The van der Waals surface area contributed by atoms with E-state index in [1.54, 1.807) is 4.90 Å². The molecule has 0 saturated carbocycles. The maximum Gasteiger partial charge on any atom is 0.243 e. The lowest BCUT2D eigenvalue weighted by Crippen LogP contribution is -2.59. The van der Waals surface area contributed by atoms with E-state index in [-0.39, 0.29) is 29.2 Å². The SMILES string of the molecule is CC(C)[C@H]1C(=O)NCCN1C(=O)CCCc1nc(C(C)(C)C)no1. The zero-order valence-electron chi connectivity index (χ0n) is 15.3. The first-order chi connectivity index (χ1) is 11.2. The van der Waals surface area contributed by atoms with Crippen LogP contribution in [0.1, 0.15) is 59.2 Å². The predicted molar refractivity (Wildman–Crippen MR) is 89.3 cm³/mol. The predicted octanol–water partition coefficient (Wildman–Crippen LogP) is 1.67. The Bertz CT molecular complexity index is 589. The van der Waals surface area contributed by atoms with Gasteiger partial charge < -0.3 is 14.7 Å². The van der Waals surface area contributed by atoms with Gasteiger partial charge in [-0.25, -0.2) is 0 Å². The normalized spacial score (nSPS) is 18.8. The lowest BCUT2D eigenvalue weighted by molar-refractivity contribution is -0.145. The van der Waals surface area contributed by atoms with Crippen molar-refractivity contribution in [2.45, 2.75) is 65.3 Å². The summed E-state index contributed by atoms with van der Waals surface area (Å²) in [5, 5.41) is 6.82. The summed E-state index contributed by atoms with van der Waals surface area (Å²) in [6.07, 6.45) is 1.58. The number of rotatable bonds is 5. The van der Waals surface area contributed by atoms with Gasteiger partial charge in [0.1, 0.15) is 6.04 Å². The first-order valence-electron chi connectivity index (χ1n) is 8.60. The van der Waals surface area contributed by atoms with E-state index in [1.807, 2.05) is 34.6 Å². The molecule has 1 atom stereocenters. The number of nitrogens with one attached hydrogen (secondary N) is 1. The molecule has 0 bridgehead atoms. The fourth-order valence-electron chi connectivity index (χ4n) is 2.82. The van der Waals surface area contributed by atoms with Gasteiger partial charge in [0.2, 0.25) is 17.7 Å². The molecule has 1 aromatic heterocycles. The third-order valence-electron chi connectivity index (χ3n) is 4.13. The van der Waals surface area contributed by atoms with Gasteiger partial charge in [-0.1, -0.05) is 39.8 Å². The Morgan fingerprint density at radius 2 is 2.12 bits per heavy atom. The van der Waals surface area contributed by atoms with Gasteiger partial charge in [0, 0.05) is 31.3 Å². The molecule has 0 spiro atoms. The van der Waals surface area contributed by atoms with Gasteiger partial charge in [-0.05, 0) is 12.3 Å². The summed E-state index contributed by atoms with van der Waals surface area (Å²) in [5.41, 5.74) is -0.150. The highest BCUT2D eigenvalue weighted by molar-refractivity contribution is 5.89. The van der Waals surface area contributed by atoms with Crippen molar-refractivity contribution >= 4 is 11.8 Å². The highest BCUT2D eigenvalue weighted by atomic mass is 16.5. The molecular formula is C17H28N4O3. The number of amides is 2. The zero-order chi connectivity index (χ0) is 17.9.